The Hall–Kier alpha value is -3.39. The van der Waals surface area contributed by atoms with Gasteiger partial charge in [0, 0.05) is 42.1 Å². The molecule has 4 rings (SSSR count). The van der Waals surface area contributed by atoms with Crippen LogP contribution in [0.15, 0.2) is 54.9 Å². The van der Waals surface area contributed by atoms with E-state index in [9.17, 15) is 9.18 Å². The number of likely N-dealkylation sites (N-methyl/N-ethyl adjacent to an activating group) is 1. The third kappa shape index (κ3) is 5.64. The maximum absolute atomic E-state index is 14.6. The topological polar surface area (TPSA) is 73.5 Å². The molecule has 8 heteroatoms. The van der Waals surface area contributed by atoms with Crippen LogP contribution < -0.4 is 10.1 Å². The number of hydrogen-bond donors (Lipinski definition) is 2. The summed E-state index contributed by atoms with van der Waals surface area (Å²) in [6, 6.07) is 12.5. The van der Waals surface area contributed by atoms with Gasteiger partial charge in [-0.25, -0.2) is 9.18 Å². The van der Waals surface area contributed by atoms with Crippen molar-refractivity contribution in [2.24, 2.45) is 0 Å². The lowest BCUT2D eigenvalue weighted by molar-refractivity contribution is 0.206. The molecule has 3 aromatic rings. The molecule has 2 amide bonds. The lowest BCUT2D eigenvalue weighted by atomic mass is 10.1. The number of nitrogens with zero attached hydrogens (tertiary/aromatic N) is 3. The lowest BCUT2D eigenvalue weighted by Gasteiger charge is -2.23. The second-order valence-corrected chi connectivity index (χ2v) is 8.27. The number of urea groups is 1. The summed E-state index contributed by atoms with van der Waals surface area (Å²) in [5, 5.41) is 9.37. The average molecular weight is 438 g/mol. The van der Waals surface area contributed by atoms with Crippen LogP contribution >= 0.6 is 0 Å². The Bertz CT molecular complexity index is 1050. The van der Waals surface area contributed by atoms with Gasteiger partial charge in [0.25, 0.3) is 0 Å². The number of nitrogens with one attached hydrogen (secondary N) is 2. The van der Waals surface area contributed by atoms with Gasteiger partial charge in [-0.2, -0.15) is 5.10 Å². The second-order valence-electron chi connectivity index (χ2n) is 8.27. The monoisotopic (exact) mass is 437 g/mol. The van der Waals surface area contributed by atoms with Gasteiger partial charge in [0.1, 0.15) is 18.2 Å². The summed E-state index contributed by atoms with van der Waals surface area (Å²) in [7, 11) is 4.01. The SMILES string of the molecule is CN(C)CCOc1cccc(CN(C(=O)Nc2ccc(-c3cn[nH]c3)c(F)c2)C2CC2)c1. The third-order valence-corrected chi connectivity index (χ3v) is 5.34. The zero-order valence-electron chi connectivity index (χ0n) is 18.3. The van der Waals surface area contributed by atoms with Crippen molar-refractivity contribution in [3.63, 3.8) is 0 Å². The first-order valence-corrected chi connectivity index (χ1v) is 10.7. The number of halogens is 1. The van der Waals surface area contributed by atoms with Crippen molar-refractivity contribution in [1.82, 2.24) is 20.0 Å². The normalized spacial score (nSPS) is 13.2. The van der Waals surface area contributed by atoms with Crippen molar-refractivity contribution >= 4 is 11.7 Å². The molecule has 1 heterocycles. The van der Waals surface area contributed by atoms with Crippen LogP contribution in [0, 0.1) is 5.82 Å². The Kier molecular flexibility index (Phi) is 6.70. The summed E-state index contributed by atoms with van der Waals surface area (Å²) in [6.45, 7) is 1.90. The minimum atomic E-state index is -0.412. The minimum absolute atomic E-state index is 0.198. The lowest BCUT2D eigenvalue weighted by Crippen LogP contribution is -2.36. The average Bonchev–Trinajstić information content (AvgIpc) is 3.45. The van der Waals surface area contributed by atoms with Gasteiger partial charge in [0.2, 0.25) is 0 Å². The molecule has 0 radical (unpaired) electrons. The van der Waals surface area contributed by atoms with Crippen molar-refractivity contribution < 1.29 is 13.9 Å². The highest BCUT2D eigenvalue weighted by atomic mass is 19.1. The molecule has 0 aliphatic heterocycles. The van der Waals surface area contributed by atoms with Crippen molar-refractivity contribution in [2.75, 3.05) is 32.6 Å². The van der Waals surface area contributed by atoms with Gasteiger partial charge < -0.3 is 19.9 Å². The number of aromatic amines is 1. The molecule has 1 fully saturated rings. The highest BCUT2D eigenvalue weighted by molar-refractivity contribution is 5.90. The van der Waals surface area contributed by atoms with Crippen molar-refractivity contribution in [1.29, 1.82) is 0 Å². The summed E-state index contributed by atoms with van der Waals surface area (Å²) < 4.78 is 20.4. The number of benzene rings is 2. The predicted molar refractivity (Wildman–Crippen MR) is 122 cm³/mol. The summed E-state index contributed by atoms with van der Waals surface area (Å²) >= 11 is 0. The van der Waals surface area contributed by atoms with Gasteiger partial charge in [-0.3, -0.25) is 5.10 Å². The molecule has 2 N–H and O–H groups in total. The number of rotatable bonds is 9. The molecule has 1 aliphatic rings. The fourth-order valence-electron chi connectivity index (χ4n) is 3.45. The van der Waals surface area contributed by atoms with E-state index in [0.29, 0.717) is 30.0 Å². The van der Waals surface area contributed by atoms with Crippen molar-refractivity contribution in [2.45, 2.75) is 25.4 Å². The molecular weight excluding hydrogens is 409 g/mol. The molecule has 0 atom stereocenters. The van der Waals surface area contributed by atoms with Crippen LogP contribution in [0.5, 0.6) is 5.75 Å². The number of amides is 2. The molecule has 2 aromatic carbocycles. The van der Waals surface area contributed by atoms with E-state index in [0.717, 1.165) is 30.7 Å². The van der Waals surface area contributed by atoms with Gasteiger partial charge >= 0.3 is 6.03 Å². The van der Waals surface area contributed by atoms with Crippen molar-refractivity contribution in [3.05, 3.63) is 66.2 Å². The fourth-order valence-corrected chi connectivity index (χ4v) is 3.45. The Labute approximate surface area is 187 Å². The van der Waals surface area contributed by atoms with Crippen LogP contribution in [0.4, 0.5) is 14.9 Å². The fraction of sp³-hybridized carbons (Fsp3) is 0.333. The Morgan fingerprint density at radius 3 is 2.78 bits per heavy atom. The molecule has 32 heavy (non-hydrogen) atoms. The molecule has 168 valence electrons. The number of ether oxygens (including phenoxy) is 1. The largest absolute Gasteiger partial charge is 0.492 e. The van der Waals surface area contributed by atoms with E-state index in [1.54, 1.807) is 29.4 Å². The van der Waals surface area contributed by atoms with E-state index in [1.165, 1.54) is 6.07 Å². The number of aromatic nitrogens is 2. The molecule has 1 saturated carbocycles. The predicted octanol–water partition coefficient (Wildman–Crippen LogP) is 4.35. The third-order valence-electron chi connectivity index (χ3n) is 5.34. The maximum Gasteiger partial charge on any atom is 0.322 e. The Balaban J connectivity index is 1.41. The van der Waals surface area contributed by atoms with Gasteiger partial charge in [-0.1, -0.05) is 12.1 Å². The van der Waals surface area contributed by atoms with Crippen LogP contribution in [0.3, 0.4) is 0 Å². The Morgan fingerprint density at radius 2 is 2.09 bits per heavy atom. The standard InChI is InChI=1S/C24H28FN5O2/c1-29(2)10-11-32-21-5-3-4-17(12-21)16-30(20-7-8-20)24(31)28-19-6-9-22(23(25)13-19)18-14-26-27-15-18/h3-6,9,12-15,20H,7-8,10-11,16H2,1-2H3,(H,26,27)(H,28,31). The molecule has 7 nitrogen and oxygen atoms in total. The summed E-state index contributed by atoms with van der Waals surface area (Å²) in [6.07, 6.45) is 5.13. The van der Waals surface area contributed by atoms with Crippen LogP contribution in [0.1, 0.15) is 18.4 Å². The molecule has 1 aromatic heterocycles. The molecular formula is C24H28FN5O2. The summed E-state index contributed by atoms with van der Waals surface area (Å²) in [5.41, 5.74) is 2.51. The van der Waals surface area contributed by atoms with Gasteiger partial charge in [0.05, 0.1) is 6.20 Å². The van der Waals surface area contributed by atoms with Gasteiger partial charge in [-0.05, 0) is 62.8 Å². The first-order valence-electron chi connectivity index (χ1n) is 10.7. The smallest absolute Gasteiger partial charge is 0.322 e. The first kappa shape index (κ1) is 21.8. The van der Waals surface area contributed by atoms with Crippen LogP contribution in [-0.2, 0) is 6.54 Å². The molecule has 0 spiro atoms. The quantitative estimate of drug-likeness (QED) is 0.522. The van der Waals surface area contributed by atoms with E-state index in [4.69, 9.17) is 4.74 Å². The minimum Gasteiger partial charge on any atom is -0.492 e. The number of carbonyl (C=O) groups is 1. The van der Waals surface area contributed by atoms with Crippen LogP contribution in [0.25, 0.3) is 11.1 Å². The molecule has 1 aliphatic carbocycles. The zero-order chi connectivity index (χ0) is 22.5. The van der Waals surface area contributed by atoms with Crippen molar-refractivity contribution in [3.8, 4) is 16.9 Å². The molecule has 0 bridgehead atoms. The highest BCUT2D eigenvalue weighted by Gasteiger charge is 2.32. The maximum atomic E-state index is 14.6. The molecule has 0 saturated heterocycles. The number of hydrogen-bond acceptors (Lipinski definition) is 4. The van der Waals surface area contributed by atoms with Crippen LogP contribution in [0.2, 0.25) is 0 Å². The summed E-state index contributed by atoms with van der Waals surface area (Å²) in [4.78, 5) is 16.9. The van der Waals surface area contributed by atoms with Crippen LogP contribution in [-0.4, -0.2) is 59.3 Å². The van der Waals surface area contributed by atoms with E-state index in [-0.39, 0.29) is 12.1 Å². The number of carbonyl (C=O) groups excluding carboxylic acids is 1. The Morgan fingerprint density at radius 1 is 1.25 bits per heavy atom. The summed E-state index contributed by atoms with van der Waals surface area (Å²) in [5.74, 6) is 0.377. The van der Waals surface area contributed by atoms with E-state index < -0.39 is 5.82 Å². The first-order chi connectivity index (χ1) is 15.5. The highest BCUT2D eigenvalue weighted by Crippen LogP contribution is 2.30. The van der Waals surface area contributed by atoms with E-state index in [2.05, 4.69) is 20.4 Å². The second kappa shape index (κ2) is 9.82. The molecule has 0 unspecified atom stereocenters. The van der Waals surface area contributed by atoms with Gasteiger partial charge in [-0.15, -0.1) is 0 Å². The number of H-pyrrole nitrogens is 1. The zero-order valence-corrected chi connectivity index (χ0v) is 18.3. The van der Waals surface area contributed by atoms with Gasteiger partial charge in [0.15, 0.2) is 0 Å². The number of anilines is 1. The van der Waals surface area contributed by atoms with E-state index >= 15 is 0 Å². The van der Waals surface area contributed by atoms with E-state index in [1.807, 2.05) is 38.4 Å².